The molecule has 0 spiro atoms. The van der Waals surface area contributed by atoms with Crippen LogP contribution in [0.15, 0.2) is 30.5 Å². The van der Waals surface area contributed by atoms with E-state index in [-0.39, 0.29) is 17.8 Å². The van der Waals surface area contributed by atoms with Gasteiger partial charge in [0, 0.05) is 19.3 Å². The van der Waals surface area contributed by atoms with Crippen LogP contribution in [0, 0.1) is 5.82 Å². The van der Waals surface area contributed by atoms with E-state index in [9.17, 15) is 9.18 Å². The van der Waals surface area contributed by atoms with Crippen LogP contribution in [0.4, 0.5) is 9.52 Å². The zero-order chi connectivity index (χ0) is 18.1. The van der Waals surface area contributed by atoms with Crippen LogP contribution < -0.4 is 4.90 Å². The zero-order valence-corrected chi connectivity index (χ0v) is 15.2. The lowest BCUT2D eigenvalue weighted by Gasteiger charge is -2.22. The number of amides is 1. The van der Waals surface area contributed by atoms with Gasteiger partial charge in [0.1, 0.15) is 5.82 Å². The molecule has 3 aromatic rings. The minimum atomic E-state index is -0.314. The van der Waals surface area contributed by atoms with E-state index in [4.69, 9.17) is 4.74 Å². The monoisotopic (exact) mass is 374 g/mol. The van der Waals surface area contributed by atoms with E-state index in [1.54, 1.807) is 27.9 Å². The van der Waals surface area contributed by atoms with Crippen LogP contribution in [0.25, 0.3) is 10.2 Å². The number of hydrogen-bond donors (Lipinski definition) is 0. The molecular formula is C18H19FN4O2S. The topological polar surface area (TPSA) is 60.2 Å². The summed E-state index contributed by atoms with van der Waals surface area (Å²) in [5.74, 6) is -0.529. The van der Waals surface area contributed by atoms with Gasteiger partial charge in [0.05, 0.1) is 22.9 Å². The maximum Gasteiger partial charge on any atom is 0.280 e. The number of carbonyl (C=O) groups excluding carboxylic acids is 1. The Morgan fingerprint density at radius 1 is 1.46 bits per heavy atom. The Balaban J connectivity index is 1.69. The van der Waals surface area contributed by atoms with E-state index in [1.165, 1.54) is 23.5 Å². The average molecular weight is 374 g/mol. The second-order valence-electron chi connectivity index (χ2n) is 6.22. The van der Waals surface area contributed by atoms with Crippen molar-refractivity contribution >= 4 is 32.6 Å². The van der Waals surface area contributed by atoms with Crippen LogP contribution in [0.1, 0.15) is 30.3 Å². The highest BCUT2D eigenvalue weighted by atomic mass is 32.1. The SMILES string of the molecule is CCn1ccc(C(=O)N(CC2CCCO2)c2nc3ccc(F)cc3s2)n1. The third kappa shape index (κ3) is 3.34. The van der Waals surface area contributed by atoms with Crippen molar-refractivity contribution in [3.8, 4) is 0 Å². The molecule has 1 amide bonds. The molecular weight excluding hydrogens is 355 g/mol. The van der Waals surface area contributed by atoms with Gasteiger partial charge in [-0.1, -0.05) is 11.3 Å². The summed E-state index contributed by atoms with van der Waals surface area (Å²) in [6.45, 7) is 3.79. The number of aryl methyl sites for hydroxylation is 1. The predicted octanol–water partition coefficient (Wildman–Crippen LogP) is 3.48. The number of fused-ring (bicyclic) bond motifs is 1. The number of benzene rings is 1. The molecule has 0 N–H and O–H groups in total. The number of nitrogens with zero attached hydrogens (tertiary/aromatic N) is 4. The lowest BCUT2D eigenvalue weighted by molar-refractivity contribution is 0.0912. The number of anilines is 1. The van der Waals surface area contributed by atoms with Gasteiger partial charge >= 0.3 is 0 Å². The van der Waals surface area contributed by atoms with Crippen molar-refractivity contribution < 1.29 is 13.9 Å². The summed E-state index contributed by atoms with van der Waals surface area (Å²) in [4.78, 5) is 19.2. The predicted molar refractivity (Wildman–Crippen MR) is 98.1 cm³/mol. The van der Waals surface area contributed by atoms with Gasteiger partial charge in [-0.2, -0.15) is 5.10 Å². The summed E-state index contributed by atoms with van der Waals surface area (Å²) >= 11 is 1.30. The molecule has 1 aliphatic rings. The molecule has 1 atom stereocenters. The van der Waals surface area contributed by atoms with Gasteiger partial charge in [-0.3, -0.25) is 14.4 Å². The Morgan fingerprint density at radius 3 is 3.08 bits per heavy atom. The van der Waals surface area contributed by atoms with Gasteiger partial charge in [0.2, 0.25) is 0 Å². The smallest absolute Gasteiger partial charge is 0.280 e. The van der Waals surface area contributed by atoms with Crippen LogP contribution in [-0.2, 0) is 11.3 Å². The maximum absolute atomic E-state index is 13.5. The summed E-state index contributed by atoms with van der Waals surface area (Å²) in [5.41, 5.74) is 1.05. The van der Waals surface area contributed by atoms with Crippen LogP contribution in [0.5, 0.6) is 0 Å². The van der Waals surface area contributed by atoms with Crippen LogP contribution in [0.2, 0.25) is 0 Å². The molecule has 1 aliphatic heterocycles. The molecule has 136 valence electrons. The molecule has 1 saturated heterocycles. The van der Waals surface area contributed by atoms with Crippen molar-refractivity contribution in [2.45, 2.75) is 32.4 Å². The highest BCUT2D eigenvalue weighted by molar-refractivity contribution is 7.22. The van der Waals surface area contributed by atoms with Gasteiger partial charge in [0.15, 0.2) is 10.8 Å². The first-order chi connectivity index (χ1) is 12.6. The van der Waals surface area contributed by atoms with Crippen molar-refractivity contribution in [3.05, 3.63) is 42.0 Å². The Hall–Kier alpha value is -2.32. The minimum absolute atomic E-state index is 0.0176. The first kappa shape index (κ1) is 17.1. The molecule has 1 fully saturated rings. The van der Waals surface area contributed by atoms with Crippen molar-refractivity contribution in [2.24, 2.45) is 0 Å². The standard InChI is InChI=1S/C18H19FN4O2S/c1-2-22-8-7-15(21-22)17(24)23(11-13-4-3-9-25-13)18-20-14-6-5-12(19)10-16(14)26-18/h5-8,10,13H,2-4,9,11H2,1H3. The molecule has 6 nitrogen and oxygen atoms in total. The summed E-state index contributed by atoms with van der Waals surface area (Å²) in [6, 6.07) is 6.16. The molecule has 0 bridgehead atoms. The van der Waals surface area contributed by atoms with Crippen molar-refractivity contribution in [1.82, 2.24) is 14.8 Å². The van der Waals surface area contributed by atoms with Gasteiger partial charge in [0.25, 0.3) is 5.91 Å². The molecule has 4 rings (SSSR count). The van der Waals surface area contributed by atoms with E-state index in [0.29, 0.717) is 40.7 Å². The van der Waals surface area contributed by atoms with Crippen LogP contribution >= 0.6 is 11.3 Å². The number of thiazole rings is 1. The quantitative estimate of drug-likeness (QED) is 0.686. The van der Waals surface area contributed by atoms with Crippen molar-refractivity contribution in [1.29, 1.82) is 0 Å². The lowest BCUT2D eigenvalue weighted by Crippen LogP contribution is -2.37. The minimum Gasteiger partial charge on any atom is -0.376 e. The fourth-order valence-electron chi connectivity index (χ4n) is 3.03. The second kappa shape index (κ2) is 7.13. The Bertz CT molecular complexity index is 932. The molecule has 2 aromatic heterocycles. The highest BCUT2D eigenvalue weighted by Gasteiger charge is 2.28. The first-order valence-electron chi connectivity index (χ1n) is 8.67. The molecule has 0 saturated carbocycles. The number of halogens is 1. The molecule has 0 radical (unpaired) electrons. The van der Waals surface area contributed by atoms with Gasteiger partial charge < -0.3 is 4.74 Å². The normalized spacial score (nSPS) is 17.1. The van der Waals surface area contributed by atoms with E-state index >= 15 is 0 Å². The summed E-state index contributed by atoms with van der Waals surface area (Å²) in [7, 11) is 0. The Labute approximate surface area is 154 Å². The zero-order valence-electron chi connectivity index (χ0n) is 14.4. The van der Waals surface area contributed by atoms with E-state index in [0.717, 1.165) is 12.8 Å². The Kier molecular flexibility index (Phi) is 4.69. The molecule has 0 aliphatic carbocycles. The van der Waals surface area contributed by atoms with Gasteiger partial charge in [-0.05, 0) is 44.0 Å². The number of hydrogen-bond acceptors (Lipinski definition) is 5. The molecule has 8 heteroatoms. The maximum atomic E-state index is 13.5. The fourth-order valence-corrected chi connectivity index (χ4v) is 4.03. The van der Waals surface area contributed by atoms with Gasteiger partial charge in [-0.25, -0.2) is 9.37 Å². The van der Waals surface area contributed by atoms with Crippen molar-refractivity contribution in [2.75, 3.05) is 18.1 Å². The molecule has 1 unspecified atom stereocenters. The van der Waals surface area contributed by atoms with Gasteiger partial charge in [-0.15, -0.1) is 0 Å². The molecule has 26 heavy (non-hydrogen) atoms. The number of carbonyl (C=O) groups is 1. The molecule has 1 aromatic carbocycles. The summed E-state index contributed by atoms with van der Waals surface area (Å²) in [6.07, 6.45) is 3.66. The first-order valence-corrected chi connectivity index (χ1v) is 9.48. The highest BCUT2D eigenvalue weighted by Crippen LogP contribution is 2.31. The van der Waals surface area contributed by atoms with E-state index in [1.807, 2.05) is 6.92 Å². The number of aromatic nitrogens is 3. The van der Waals surface area contributed by atoms with Crippen LogP contribution in [-0.4, -0.2) is 39.9 Å². The lowest BCUT2D eigenvalue weighted by atomic mass is 10.2. The van der Waals surface area contributed by atoms with Crippen molar-refractivity contribution in [3.63, 3.8) is 0 Å². The largest absolute Gasteiger partial charge is 0.376 e. The second-order valence-corrected chi connectivity index (χ2v) is 7.23. The van der Waals surface area contributed by atoms with E-state index < -0.39 is 0 Å². The summed E-state index contributed by atoms with van der Waals surface area (Å²) in [5, 5.41) is 4.86. The van der Waals surface area contributed by atoms with E-state index in [2.05, 4.69) is 10.1 Å². The molecule has 3 heterocycles. The Morgan fingerprint density at radius 2 is 2.35 bits per heavy atom. The number of rotatable bonds is 5. The number of ether oxygens (including phenoxy) is 1. The summed E-state index contributed by atoms with van der Waals surface area (Å²) < 4.78 is 21.6. The third-order valence-electron chi connectivity index (χ3n) is 4.41. The third-order valence-corrected chi connectivity index (χ3v) is 5.45. The fraction of sp³-hybridized carbons (Fsp3) is 0.389. The average Bonchev–Trinajstić information content (AvgIpc) is 3.38. The van der Waals surface area contributed by atoms with Crippen LogP contribution in [0.3, 0.4) is 0 Å².